The van der Waals surface area contributed by atoms with Crippen molar-refractivity contribution in [2.45, 2.75) is 25.3 Å². The Kier molecular flexibility index (Phi) is 3.33. The second-order valence-electron chi connectivity index (χ2n) is 4.72. The van der Waals surface area contributed by atoms with Crippen molar-refractivity contribution in [1.82, 2.24) is 15.3 Å². The van der Waals surface area contributed by atoms with Gasteiger partial charge in [0.1, 0.15) is 0 Å². The summed E-state index contributed by atoms with van der Waals surface area (Å²) in [5.74, 6) is 0. The molecule has 1 fully saturated rings. The molecule has 1 aliphatic heterocycles. The van der Waals surface area contributed by atoms with Crippen molar-refractivity contribution in [3.8, 4) is 11.3 Å². The van der Waals surface area contributed by atoms with Crippen LogP contribution in [0.5, 0.6) is 0 Å². The van der Waals surface area contributed by atoms with Crippen molar-refractivity contribution in [2.75, 3.05) is 6.54 Å². The summed E-state index contributed by atoms with van der Waals surface area (Å²) in [7, 11) is 0. The molecule has 0 radical (unpaired) electrons. The van der Waals surface area contributed by atoms with E-state index in [4.69, 9.17) is 0 Å². The molecule has 18 heavy (non-hydrogen) atoms. The number of hydrogen-bond donors (Lipinski definition) is 1. The molecule has 1 saturated heterocycles. The zero-order valence-electron chi connectivity index (χ0n) is 10.3. The van der Waals surface area contributed by atoms with Gasteiger partial charge in [0, 0.05) is 30.2 Å². The average molecular weight is 239 g/mol. The second-order valence-corrected chi connectivity index (χ2v) is 4.72. The molecule has 2 aromatic heterocycles. The minimum Gasteiger partial charge on any atom is -0.310 e. The largest absolute Gasteiger partial charge is 0.310 e. The van der Waals surface area contributed by atoms with Gasteiger partial charge in [0.25, 0.3) is 0 Å². The number of aromatic nitrogens is 2. The van der Waals surface area contributed by atoms with E-state index in [0.29, 0.717) is 6.04 Å². The predicted octanol–water partition coefficient (Wildman–Crippen LogP) is 2.96. The highest BCUT2D eigenvalue weighted by Crippen LogP contribution is 2.24. The highest BCUT2D eigenvalue weighted by Gasteiger charge is 2.14. The Labute approximate surface area is 107 Å². The summed E-state index contributed by atoms with van der Waals surface area (Å²) in [6.07, 6.45) is 9.43. The van der Waals surface area contributed by atoms with Crippen molar-refractivity contribution < 1.29 is 0 Å². The summed E-state index contributed by atoms with van der Waals surface area (Å²) in [4.78, 5) is 8.67. The van der Waals surface area contributed by atoms with E-state index in [2.05, 4.69) is 27.4 Å². The van der Waals surface area contributed by atoms with E-state index in [0.717, 1.165) is 17.8 Å². The number of piperidine rings is 1. The Balaban J connectivity index is 1.80. The molecule has 3 rings (SSSR count). The van der Waals surface area contributed by atoms with Crippen LogP contribution in [0.4, 0.5) is 0 Å². The van der Waals surface area contributed by atoms with Crippen LogP contribution in [-0.2, 0) is 0 Å². The summed E-state index contributed by atoms with van der Waals surface area (Å²) < 4.78 is 0. The first kappa shape index (κ1) is 11.4. The average Bonchev–Trinajstić information content (AvgIpc) is 2.49. The SMILES string of the molecule is c1cncc(-c2ccc([C@@H]3CCCCN3)cn2)c1. The number of rotatable bonds is 2. The Morgan fingerprint density at radius 1 is 1.11 bits per heavy atom. The van der Waals surface area contributed by atoms with Crippen molar-refractivity contribution in [3.05, 3.63) is 48.4 Å². The highest BCUT2D eigenvalue weighted by atomic mass is 14.9. The highest BCUT2D eigenvalue weighted by molar-refractivity contribution is 5.57. The van der Waals surface area contributed by atoms with Crippen LogP contribution in [0.25, 0.3) is 11.3 Å². The summed E-state index contributed by atoms with van der Waals surface area (Å²) in [5, 5.41) is 3.54. The molecule has 0 amide bonds. The molecule has 3 heterocycles. The van der Waals surface area contributed by atoms with Crippen LogP contribution < -0.4 is 5.32 Å². The lowest BCUT2D eigenvalue weighted by atomic mass is 9.98. The van der Waals surface area contributed by atoms with Gasteiger partial charge < -0.3 is 5.32 Å². The van der Waals surface area contributed by atoms with Gasteiger partial charge in [-0.15, -0.1) is 0 Å². The van der Waals surface area contributed by atoms with E-state index in [1.54, 1.807) is 6.20 Å². The lowest BCUT2D eigenvalue weighted by molar-refractivity contribution is 0.411. The van der Waals surface area contributed by atoms with Gasteiger partial charge in [0.2, 0.25) is 0 Å². The molecular formula is C15H17N3. The van der Waals surface area contributed by atoms with Crippen molar-refractivity contribution >= 4 is 0 Å². The van der Waals surface area contributed by atoms with Crippen molar-refractivity contribution in [3.63, 3.8) is 0 Å². The first-order valence-electron chi connectivity index (χ1n) is 6.53. The molecule has 0 saturated carbocycles. The fraction of sp³-hybridized carbons (Fsp3) is 0.333. The first-order valence-corrected chi connectivity index (χ1v) is 6.53. The Bertz CT molecular complexity index is 487. The minimum absolute atomic E-state index is 0.481. The smallest absolute Gasteiger partial charge is 0.0717 e. The van der Waals surface area contributed by atoms with E-state index in [1.807, 2.05) is 24.5 Å². The summed E-state index contributed by atoms with van der Waals surface area (Å²) in [5.41, 5.74) is 3.35. The number of pyridine rings is 2. The molecule has 3 nitrogen and oxygen atoms in total. The molecule has 0 spiro atoms. The van der Waals surface area contributed by atoms with Gasteiger partial charge in [-0.25, -0.2) is 0 Å². The molecule has 3 heteroatoms. The van der Waals surface area contributed by atoms with E-state index < -0.39 is 0 Å². The molecule has 92 valence electrons. The quantitative estimate of drug-likeness (QED) is 0.875. The van der Waals surface area contributed by atoms with Crippen LogP contribution in [0.2, 0.25) is 0 Å². The van der Waals surface area contributed by atoms with Gasteiger partial charge >= 0.3 is 0 Å². The molecule has 1 N–H and O–H groups in total. The van der Waals surface area contributed by atoms with Crippen LogP contribution >= 0.6 is 0 Å². The molecular weight excluding hydrogens is 222 g/mol. The standard InChI is InChI=1S/C15H17N3/c1-2-9-17-14(5-1)13-6-7-15(18-11-13)12-4-3-8-16-10-12/h3-4,6-8,10-11,14,17H,1-2,5,9H2/t14-/m0/s1. The van der Waals surface area contributed by atoms with Gasteiger partial charge in [0.05, 0.1) is 5.69 Å². The zero-order chi connectivity index (χ0) is 12.2. The fourth-order valence-corrected chi connectivity index (χ4v) is 2.43. The number of hydrogen-bond acceptors (Lipinski definition) is 3. The summed E-state index contributed by atoms with van der Waals surface area (Å²) in [6, 6.07) is 8.72. The normalized spacial score (nSPS) is 19.7. The summed E-state index contributed by atoms with van der Waals surface area (Å²) >= 11 is 0. The molecule has 0 aliphatic carbocycles. The van der Waals surface area contributed by atoms with Gasteiger partial charge in [-0.05, 0) is 43.1 Å². The zero-order valence-corrected chi connectivity index (χ0v) is 10.3. The van der Waals surface area contributed by atoms with Crippen LogP contribution in [0, 0.1) is 0 Å². The van der Waals surface area contributed by atoms with Crippen molar-refractivity contribution in [2.24, 2.45) is 0 Å². The maximum Gasteiger partial charge on any atom is 0.0717 e. The van der Waals surface area contributed by atoms with Gasteiger partial charge in [0.15, 0.2) is 0 Å². The van der Waals surface area contributed by atoms with E-state index in [1.165, 1.54) is 24.8 Å². The Morgan fingerprint density at radius 2 is 2.11 bits per heavy atom. The predicted molar refractivity (Wildman–Crippen MR) is 72.1 cm³/mol. The van der Waals surface area contributed by atoms with Crippen LogP contribution in [0.3, 0.4) is 0 Å². The van der Waals surface area contributed by atoms with Gasteiger partial charge in [-0.3, -0.25) is 9.97 Å². The van der Waals surface area contributed by atoms with Crippen LogP contribution in [-0.4, -0.2) is 16.5 Å². The second kappa shape index (κ2) is 5.27. The van der Waals surface area contributed by atoms with Crippen molar-refractivity contribution in [1.29, 1.82) is 0 Å². The topological polar surface area (TPSA) is 37.8 Å². The van der Waals surface area contributed by atoms with E-state index in [9.17, 15) is 0 Å². The third-order valence-electron chi connectivity index (χ3n) is 3.46. The number of nitrogens with one attached hydrogen (secondary N) is 1. The number of nitrogens with zero attached hydrogens (tertiary/aromatic N) is 2. The van der Waals surface area contributed by atoms with Crippen LogP contribution in [0.1, 0.15) is 30.9 Å². The maximum absolute atomic E-state index is 4.54. The maximum atomic E-state index is 4.54. The van der Waals surface area contributed by atoms with E-state index in [-0.39, 0.29) is 0 Å². The van der Waals surface area contributed by atoms with E-state index >= 15 is 0 Å². The van der Waals surface area contributed by atoms with Crippen LogP contribution in [0.15, 0.2) is 42.9 Å². The molecule has 0 aromatic carbocycles. The molecule has 0 bridgehead atoms. The third-order valence-corrected chi connectivity index (χ3v) is 3.46. The monoisotopic (exact) mass is 239 g/mol. The molecule has 1 aliphatic rings. The fourth-order valence-electron chi connectivity index (χ4n) is 2.43. The van der Waals surface area contributed by atoms with Gasteiger partial charge in [-0.2, -0.15) is 0 Å². The lowest BCUT2D eigenvalue weighted by Gasteiger charge is -2.23. The minimum atomic E-state index is 0.481. The Hall–Kier alpha value is -1.74. The molecule has 1 atom stereocenters. The van der Waals surface area contributed by atoms with Gasteiger partial charge in [-0.1, -0.05) is 12.5 Å². The molecule has 2 aromatic rings. The first-order chi connectivity index (χ1) is 8.93. The Morgan fingerprint density at radius 3 is 2.78 bits per heavy atom. The summed E-state index contributed by atoms with van der Waals surface area (Å²) in [6.45, 7) is 1.12. The lowest BCUT2D eigenvalue weighted by Crippen LogP contribution is -2.26. The molecule has 0 unspecified atom stereocenters. The third kappa shape index (κ3) is 2.41.